The number of hydrogen-bond acceptors (Lipinski definition) is 4. The summed E-state index contributed by atoms with van der Waals surface area (Å²) < 4.78 is 18.3. The van der Waals surface area contributed by atoms with Crippen molar-refractivity contribution >= 4 is 5.96 Å². The Morgan fingerprint density at radius 2 is 2.17 bits per heavy atom. The lowest BCUT2D eigenvalue weighted by Gasteiger charge is -2.11. The summed E-state index contributed by atoms with van der Waals surface area (Å²) in [5.74, 6) is 1.96. The van der Waals surface area contributed by atoms with Crippen LogP contribution >= 0.6 is 0 Å². The van der Waals surface area contributed by atoms with Crippen molar-refractivity contribution < 1.29 is 8.91 Å². The van der Waals surface area contributed by atoms with Crippen LogP contribution in [-0.4, -0.2) is 29.7 Å². The van der Waals surface area contributed by atoms with E-state index >= 15 is 0 Å². The van der Waals surface area contributed by atoms with Gasteiger partial charge in [-0.3, -0.25) is 4.99 Å². The number of benzene rings is 1. The van der Waals surface area contributed by atoms with Crippen molar-refractivity contribution in [2.24, 2.45) is 4.99 Å². The first kappa shape index (κ1) is 16.9. The van der Waals surface area contributed by atoms with E-state index in [1.807, 2.05) is 19.9 Å². The van der Waals surface area contributed by atoms with Crippen LogP contribution in [0.2, 0.25) is 0 Å². The average Bonchev–Trinajstić information content (AvgIpc) is 3.00. The third-order valence-electron chi connectivity index (χ3n) is 3.20. The molecular weight excluding hydrogens is 297 g/mol. The zero-order chi connectivity index (χ0) is 16.7. The van der Waals surface area contributed by atoms with Crippen molar-refractivity contribution in [3.05, 3.63) is 47.4 Å². The molecule has 0 aliphatic heterocycles. The third kappa shape index (κ3) is 5.36. The number of hydrogen-bond donors (Lipinski definition) is 2. The van der Waals surface area contributed by atoms with E-state index in [4.69, 9.17) is 4.52 Å². The number of guanidine groups is 1. The Bertz CT molecular complexity index is 653. The molecule has 0 saturated carbocycles. The molecular formula is C16H22FN5O. The summed E-state index contributed by atoms with van der Waals surface area (Å²) in [5.41, 5.74) is 0.853. The minimum absolute atomic E-state index is 0.246. The summed E-state index contributed by atoms with van der Waals surface area (Å²) >= 11 is 0. The fourth-order valence-electron chi connectivity index (χ4n) is 1.95. The van der Waals surface area contributed by atoms with Gasteiger partial charge in [0.1, 0.15) is 5.82 Å². The number of rotatable bonds is 6. The maximum Gasteiger partial charge on any atom is 0.228 e. The van der Waals surface area contributed by atoms with Crippen LogP contribution in [0.15, 0.2) is 33.8 Å². The van der Waals surface area contributed by atoms with Gasteiger partial charge in [-0.05, 0) is 17.7 Å². The van der Waals surface area contributed by atoms with E-state index in [2.05, 4.69) is 25.8 Å². The molecule has 124 valence electrons. The summed E-state index contributed by atoms with van der Waals surface area (Å²) in [5, 5.41) is 10.2. The topological polar surface area (TPSA) is 75.3 Å². The smallest absolute Gasteiger partial charge is 0.228 e. The molecule has 0 bridgehead atoms. The summed E-state index contributed by atoms with van der Waals surface area (Å²) in [6.07, 6.45) is 0.611. The summed E-state index contributed by atoms with van der Waals surface area (Å²) in [7, 11) is 1.68. The molecule has 23 heavy (non-hydrogen) atoms. The molecule has 0 unspecified atom stereocenters. The van der Waals surface area contributed by atoms with Crippen molar-refractivity contribution in [2.45, 2.75) is 32.7 Å². The fourth-order valence-corrected chi connectivity index (χ4v) is 1.95. The van der Waals surface area contributed by atoms with Gasteiger partial charge in [-0.2, -0.15) is 4.98 Å². The highest BCUT2D eigenvalue weighted by molar-refractivity contribution is 5.79. The van der Waals surface area contributed by atoms with Gasteiger partial charge in [-0.1, -0.05) is 31.1 Å². The van der Waals surface area contributed by atoms with Crippen LogP contribution in [0.1, 0.15) is 37.0 Å². The second-order valence-electron chi connectivity index (χ2n) is 5.43. The van der Waals surface area contributed by atoms with Crippen LogP contribution < -0.4 is 10.6 Å². The molecule has 1 aromatic heterocycles. The maximum atomic E-state index is 13.1. The quantitative estimate of drug-likeness (QED) is 0.631. The van der Waals surface area contributed by atoms with E-state index in [1.54, 1.807) is 13.1 Å². The number of nitrogens with one attached hydrogen (secondary N) is 2. The Hall–Kier alpha value is -2.44. The normalized spacial score (nSPS) is 11.8. The summed E-state index contributed by atoms with van der Waals surface area (Å²) in [4.78, 5) is 8.44. The minimum Gasteiger partial charge on any atom is -0.356 e. The summed E-state index contributed by atoms with van der Waals surface area (Å²) in [6, 6.07) is 6.46. The molecule has 0 fully saturated rings. The molecule has 0 saturated heterocycles. The standard InChI is InChI=1S/C16H22FN5O/c1-11(2)15-21-14(23-22-15)7-8-19-16(18-3)20-10-12-5-4-6-13(17)9-12/h4-6,9,11H,7-8,10H2,1-3H3,(H2,18,19,20). The lowest BCUT2D eigenvalue weighted by atomic mass is 10.2. The Kier molecular flexibility index (Phi) is 6.08. The van der Waals surface area contributed by atoms with E-state index in [0.717, 1.165) is 5.56 Å². The van der Waals surface area contributed by atoms with E-state index in [1.165, 1.54) is 12.1 Å². The van der Waals surface area contributed by atoms with Crippen LogP contribution in [0, 0.1) is 5.82 Å². The largest absolute Gasteiger partial charge is 0.356 e. The van der Waals surface area contributed by atoms with E-state index in [-0.39, 0.29) is 11.7 Å². The van der Waals surface area contributed by atoms with Crippen LogP contribution in [0.4, 0.5) is 4.39 Å². The summed E-state index contributed by atoms with van der Waals surface area (Å²) in [6.45, 7) is 5.15. The highest BCUT2D eigenvalue weighted by Gasteiger charge is 2.09. The lowest BCUT2D eigenvalue weighted by Crippen LogP contribution is -2.37. The van der Waals surface area contributed by atoms with Crippen LogP contribution in [0.25, 0.3) is 0 Å². The first-order chi connectivity index (χ1) is 11.1. The van der Waals surface area contributed by atoms with Crippen molar-refractivity contribution in [1.82, 2.24) is 20.8 Å². The zero-order valence-corrected chi connectivity index (χ0v) is 13.6. The van der Waals surface area contributed by atoms with Gasteiger partial charge >= 0.3 is 0 Å². The van der Waals surface area contributed by atoms with Crippen molar-refractivity contribution in [1.29, 1.82) is 0 Å². The van der Waals surface area contributed by atoms with Gasteiger partial charge in [0, 0.05) is 32.5 Å². The highest BCUT2D eigenvalue weighted by Crippen LogP contribution is 2.09. The first-order valence-corrected chi connectivity index (χ1v) is 7.60. The number of nitrogens with zero attached hydrogens (tertiary/aromatic N) is 3. The molecule has 0 radical (unpaired) electrons. The highest BCUT2D eigenvalue weighted by atomic mass is 19.1. The zero-order valence-electron chi connectivity index (χ0n) is 13.6. The van der Waals surface area contributed by atoms with Gasteiger partial charge in [-0.15, -0.1) is 0 Å². The van der Waals surface area contributed by atoms with Gasteiger partial charge < -0.3 is 15.2 Å². The third-order valence-corrected chi connectivity index (χ3v) is 3.20. The monoisotopic (exact) mass is 319 g/mol. The van der Waals surface area contributed by atoms with Gasteiger partial charge in [0.25, 0.3) is 0 Å². The van der Waals surface area contributed by atoms with Gasteiger partial charge in [0.2, 0.25) is 5.89 Å². The number of aromatic nitrogens is 2. The molecule has 2 rings (SSSR count). The van der Waals surface area contributed by atoms with Gasteiger partial charge in [-0.25, -0.2) is 4.39 Å². The van der Waals surface area contributed by atoms with Crippen molar-refractivity contribution in [2.75, 3.05) is 13.6 Å². The van der Waals surface area contributed by atoms with Crippen LogP contribution in [0.3, 0.4) is 0 Å². The average molecular weight is 319 g/mol. The Morgan fingerprint density at radius 1 is 1.35 bits per heavy atom. The van der Waals surface area contributed by atoms with Crippen LogP contribution in [0.5, 0.6) is 0 Å². The van der Waals surface area contributed by atoms with E-state index < -0.39 is 0 Å². The van der Waals surface area contributed by atoms with Crippen molar-refractivity contribution in [3.63, 3.8) is 0 Å². The van der Waals surface area contributed by atoms with Gasteiger partial charge in [0.15, 0.2) is 11.8 Å². The molecule has 7 heteroatoms. The van der Waals surface area contributed by atoms with E-state index in [0.29, 0.717) is 37.2 Å². The molecule has 2 aromatic rings. The van der Waals surface area contributed by atoms with Crippen LogP contribution in [-0.2, 0) is 13.0 Å². The second-order valence-corrected chi connectivity index (χ2v) is 5.43. The van der Waals surface area contributed by atoms with E-state index in [9.17, 15) is 4.39 Å². The molecule has 1 heterocycles. The number of halogens is 1. The Labute approximate surface area is 135 Å². The number of aliphatic imine (C=N–C) groups is 1. The van der Waals surface area contributed by atoms with Gasteiger partial charge in [0.05, 0.1) is 0 Å². The predicted molar refractivity (Wildman–Crippen MR) is 86.7 cm³/mol. The maximum absolute atomic E-state index is 13.1. The SMILES string of the molecule is CN=C(NCCc1nc(C(C)C)no1)NCc1cccc(F)c1. The molecule has 0 amide bonds. The first-order valence-electron chi connectivity index (χ1n) is 7.60. The fraction of sp³-hybridized carbons (Fsp3) is 0.438. The predicted octanol–water partition coefficient (Wildman–Crippen LogP) is 2.24. The molecule has 2 N–H and O–H groups in total. The molecule has 6 nitrogen and oxygen atoms in total. The molecule has 0 aliphatic carbocycles. The molecule has 0 aliphatic rings. The molecule has 0 spiro atoms. The Morgan fingerprint density at radius 3 is 2.83 bits per heavy atom. The second kappa shape index (κ2) is 8.26. The Balaban J connectivity index is 1.76. The minimum atomic E-state index is -0.246. The van der Waals surface area contributed by atoms with Crippen molar-refractivity contribution in [3.8, 4) is 0 Å². The molecule has 0 atom stereocenters. The molecule has 1 aromatic carbocycles. The lowest BCUT2D eigenvalue weighted by molar-refractivity contribution is 0.371.